The van der Waals surface area contributed by atoms with E-state index >= 15 is 0 Å². The lowest BCUT2D eigenvalue weighted by Gasteiger charge is -2.28. The molecule has 2 heterocycles. The van der Waals surface area contributed by atoms with Gasteiger partial charge in [-0.15, -0.1) is 11.3 Å². The van der Waals surface area contributed by atoms with Crippen LogP contribution in [0.5, 0.6) is 0 Å². The van der Waals surface area contributed by atoms with Crippen molar-refractivity contribution in [2.45, 2.75) is 25.9 Å². The molecule has 1 aliphatic heterocycles. The van der Waals surface area contributed by atoms with Crippen molar-refractivity contribution in [3.8, 4) is 6.07 Å². The summed E-state index contributed by atoms with van der Waals surface area (Å²) in [4.78, 5) is 6.03. The lowest BCUT2D eigenvalue weighted by molar-refractivity contribution is 0.193. The van der Waals surface area contributed by atoms with Gasteiger partial charge in [-0.1, -0.05) is 0 Å². The van der Waals surface area contributed by atoms with Crippen LogP contribution >= 0.6 is 11.3 Å². The maximum atomic E-state index is 9.00. The molecule has 4 heteroatoms. The highest BCUT2D eigenvalue weighted by molar-refractivity contribution is 7.10. The molecule has 0 aliphatic carbocycles. The molecule has 98 valence electrons. The van der Waals surface area contributed by atoms with Gasteiger partial charge >= 0.3 is 0 Å². The van der Waals surface area contributed by atoms with E-state index in [-0.39, 0.29) is 5.92 Å². The van der Waals surface area contributed by atoms with Crippen molar-refractivity contribution in [2.24, 2.45) is 5.92 Å². The quantitative estimate of drug-likeness (QED) is 0.836. The minimum Gasteiger partial charge on any atom is -0.305 e. The van der Waals surface area contributed by atoms with Crippen molar-refractivity contribution in [3.05, 3.63) is 21.9 Å². The van der Waals surface area contributed by atoms with E-state index in [4.69, 9.17) is 5.26 Å². The summed E-state index contributed by atoms with van der Waals surface area (Å²) in [5, 5.41) is 11.2. The van der Waals surface area contributed by atoms with Crippen molar-refractivity contribution in [3.63, 3.8) is 0 Å². The SMILES string of the molecule is CN(C)Cc1csc(CN2CCC[C@@H](C#N)C2)c1. The molecule has 1 aromatic heterocycles. The predicted octanol–water partition coefficient (Wildman–Crippen LogP) is 2.55. The number of rotatable bonds is 4. The zero-order chi connectivity index (χ0) is 13.0. The van der Waals surface area contributed by atoms with Crippen molar-refractivity contribution >= 4 is 11.3 Å². The van der Waals surface area contributed by atoms with Gasteiger partial charge in [0.25, 0.3) is 0 Å². The molecule has 0 aromatic carbocycles. The van der Waals surface area contributed by atoms with Gasteiger partial charge in [0.15, 0.2) is 0 Å². The third kappa shape index (κ3) is 3.81. The van der Waals surface area contributed by atoms with Gasteiger partial charge in [0, 0.05) is 24.5 Å². The number of thiophene rings is 1. The smallest absolute Gasteiger partial charge is 0.0669 e. The number of likely N-dealkylation sites (tertiary alicyclic amines) is 1. The van der Waals surface area contributed by atoms with Crippen molar-refractivity contribution in [1.29, 1.82) is 5.26 Å². The van der Waals surface area contributed by atoms with Crippen LogP contribution < -0.4 is 0 Å². The predicted molar refractivity (Wildman–Crippen MR) is 75.3 cm³/mol. The van der Waals surface area contributed by atoms with Crippen LogP contribution in [0.15, 0.2) is 11.4 Å². The third-order valence-electron chi connectivity index (χ3n) is 3.27. The van der Waals surface area contributed by atoms with Gasteiger partial charge in [0.05, 0.1) is 12.0 Å². The summed E-state index contributed by atoms with van der Waals surface area (Å²) < 4.78 is 0. The molecular formula is C14H21N3S. The molecule has 1 aromatic rings. The van der Waals surface area contributed by atoms with Crippen LogP contribution in [0.3, 0.4) is 0 Å². The molecule has 0 N–H and O–H groups in total. The van der Waals surface area contributed by atoms with Crippen LogP contribution in [-0.4, -0.2) is 37.0 Å². The molecular weight excluding hydrogens is 242 g/mol. The molecule has 2 rings (SSSR count). The minimum absolute atomic E-state index is 0.236. The Morgan fingerprint density at radius 1 is 1.56 bits per heavy atom. The Morgan fingerprint density at radius 3 is 3.11 bits per heavy atom. The Kier molecular flexibility index (Phi) is 4.76. The van der Waals surface area contributed by atoms with Gasteiger partial charge in [-0.05, 0) is 50.5 Å². The first-order chi connectivity index (χ1) is 8.67. The normalized spacial score (nSPS) is 21.1. The second kappa shape index (κ2) is 6.33. The topological polar surface area (TPSA) is 30.3 Å². The fraction of sp³-hybridized carbons (Fsp3) is 0.643. The average Bonchev–Trinajstić information content (AvgIpc) is 2.76. The molecule has 18 heavy (non-hydrogen) atoms. The standard InChI is InChI=1S/C14H21N3S/c1-16(2)8-13-6-14(18-11-13)10-17-5-3-4-12(7-15)9-17/h6,11-12H,3-5,8-10H2,1-2H3/t12-/m0/s1. The van der Waals surface area contributed by atoms with Gasteiger partial charge in [0.2, 0.25) is 0 Å². The number of nitrogens with zero attached hydrogens (tertiary/aromatic N) is 3. The van der Waals surface area contributed by atoms with E-state index in [1.54, 1.807) is 0 Å². The van der Waals surface area contributed by atoms with Crippen molar-refractivity contribution in [2.75, 3.05) is 27.2 Å². The number of hydrogen-bond donors (Lipinski definition) is 0. The van der Waals surface area contributed by atoms with Crippen molar-refractivity contribution < 1.29 is 0 Å². The monoisotopic (exact) mass is 263 g/mol. The molecule has 0 spiro atoms. The molecule has 1 aliphatic rings. The summed E-state index contributed by atoms with van der Waals surface area (Å²) in [6, 6.07) is 4.71. The Bertz CT molecular complexity index is 419. The highest BCUT2D eigenvalue weighted by atomic mass is 32.1. The van der Waals surface area contributed by atoms with Gasteiger partial charge in [0.1, 0.15) is 0 Å². The van der Waals surface area contributed by atoms with Gasteiger partial charge in [-0.2, -0.15) is 5.26 Å². The van der Waals surface area contributed by atoms with Crippen LogP contribution in [-0.2, 0) is 13.1 Å². The Morgan fingerprint density at radius 2 is 2.39 bits per heavy atom. The summed E-state index contributed by atoms with van der Waals surface area (Å²) in [6.45, 7) is 4.10. The van der Waals surface area contributed by atoms with E-state index in [0.29, 0.717) is 0 Å². The van der Waals surface area contributed by atoms with Gasteiger partial charge in [-0.3, -0.25) is 4.90 Å². The van der Waals surface area contributed by atoms with Crippen LogP contribution in [0.2, 0.25) is 0 Å². The zero-order valence-corrected chi connectivity index (χ0v) is 12.0. The fourth-order valence-corrected chi connectivity index (χ4v) is 3.40. The Hall–Kier alpha value is -0.890. The van der Waals surface area contributed by atoms with Crippen LogP contribution in [0, 0.1) is 17.2 Å². The van der Waals surface area contributed by atoms with E-state index in [1.807, 2.05) is 11.3 Å². The maximum absolute atomic E-state index is 9.00. The van der Waals surface area contributed by atoms with Crippen molar-refractivity contribution in [1.82, 2.24) is 9.80 Å². The van der Waals surface area contributed by atoms with E-state index in [1.165, 1.54) is 10.4 Å². The molecule has 1 fully saturated rings. The summed E-state index contributed by atoms with van der Waals surface area (Å²) in [5.41, 5.74) is 1.40. The zero-order valence-electron chi connectivity index (χ0n) is 11.2. The molecule has 1 saturated heterocycles. The van der Waals surface area contributed by atoms with Crippen LogP contribution in [0.4, 0.5) is 0 Å². The summed E-state index contributed by atoms with van der Waals surface area (Å²) >= 11 is 1.84. The first kappa shape index (κ1) is 13.5. The van der Waals surface area contributed by atoms with E-state index < -0.39 is 0 Å². The highest BCUT2D eigenvalue weighted by Crippen LogP contribution is 2.22. The molecule has 0 saturated carbocycles. The summed E-state index contributed by atoms with van der Waals surface area (Å²) in [5.74, 6) is 0.236. The number of piperidine rings is 1. The van der Waals surface area contributed by atoms with E-state index in [2.05, 4.69) is 41.4 Å². The first-order valence-corrected chi connectivity index (χ1v) is 7.38. The van der Waals surface area contributed by atoms with E-state index in [0.717, 1.165) is 39.0 Å². The van der Waals surface area contributed by atoms with Gasteiger partial charge < -0.3 is 4.90 Å². The number of nitriles is 1. The van der Waals surface area contributed by atoms with Gasteiger partial charge in [-0.25, -0.2) is 0 Å². The fourth-order valence-electron chi connectivity index (χ4n) is 2.48. The second-order valence-corrected chi connectivity index (χ2v) is 6.36. The molecule has 3 nitrogen and oxygen atoms in total. The van der Waals surface area contributed by atoms with Crippen LogP contribution in [0.1, 0.15) is 23.3 Å². The molecule has 0 amide bonds. The largest absolute Gasteiger partial charge is 0.305 e. The molecule has 0 unspecified atom stereocenters. The van der Waals surface area contributed by atoms with Crippen LogP contribution in [0.25, 0.3) is 0 Å². The van der Waals surface area contributed by atoms with E-state index in [9.17, 15) is 0 Å². The second-order valence-electron chi connectivity index (χ2n) is 5.36. The number of hydrogen-bond acceptors (Lipinski definition) is 4. The minimum atomic E-state index is 0.236. The summed E-state index contributed by atoms with van der Waals surface area (Å²) in [7, 11) is 4.19. The maximum Gasteiger partial charge on any atom is 0.0669 e. The lowest BCUT2D eigenvalue weighted by Crippen LogP contribution is -2.34. The first-order valence-electron chi connectivity index (χ1n) is 6.50. The molecule has 0 bridgehead atoms. The highest BCUT2D eigenvalue weighted by Gasteiger charge is 2.19. The third-order valence-corrected chi connectivity index (χ3v) is 4.24. The summed E-state index contributed by atoms with van der Waals surface area (Å²) in [6.07, 6.45) is 2.23. The Balaban J connectivity index is 1.89. The average molecular weight is 263 g/mol. The lowest BCUT2D eigenvalue weighted by atomic mass is 10.00. The molecule has 0 radical (unpaired) electrons. The Labute approximate surface area is 114 Å². The molecule has 1 atom stereocenters.